The number of thioether (sulfide) groups is 1. The zero-order chi connectivity index (χ0) is 13.0. The van der Waals surface area contributed by atoms with Crippen LogP contribution < -0.4 is 11.1 Å². The van der Waals surface area contributed by atoms with E-state index in [-0.39, 0.29) is 5.91 Å². The van der Waals surface area contributed by atoms with E-state index in [1.807, 2.05) is 24.8 Å². The first-order valence-corrected chi connectivity index (χ1v) is 7.47. The summed E-state index contributed by atoms with van der Waals surface area (Å²) in [5.74, 6) is 3.34. The third kappa shape index (κ3) is 3.38. The van der Waals surface area contributed by atoms with Gasteiger partial charge in [-0.1, -0.05) is 6.92 Å². The minimum absolute atomic E-state index is 0.0456. The van der Waals surface area contributed by atoms with E-state index < -0.39 is 0 Å². The number of pyridine rings is 1. The maximum Gasteiger partial charge on any atom is 0.251 e. The molecular formula is C13H19N3OS. The quantitative estimate of drug-likeness (QED) is 0.869. The molecule has 3 N–H and O–H groups in total. The molecule has 1 unspecified atom stereocenters. The van der Waals surface area contributed by atoms with Crippen LogP contribution in [0.4, 0.5) is 5.82 Å². The van der Waals surface area contributed by atoms with Crippen molar-refractivity contribution in [3.63, 3.8) is 0 Å². The number of nitrogen functional groups attached to an aromatic ring is 1. The standard InChI is InChI=1S/C13H19N3OS/c1-2-11-5-10(6-12(14)16-11)13(17)15-7-9-3-4-18-8-9/h5-6,9H,2-4,7-8H2,1H3,(H2,14,16)(H,15,17). The van der Waals surface area contributed by atoms with Crippen LogP contribution in [0.2, 0.25) is 0 Å². The number of aryl methyl sites for hydroxylation is 1. The van der Waals surface area contributed by atoms with Crippen molar-refractivity contribution in [3.05, 3.63) is 23.4 Å². The Kier molecular flexibility index (Phi) is 4.47. The van der Waals surface area contributed by atoms with Crippen LogP contribution in [0.15, 0.2) is 12.1 Å². The Morgan fingerprint density at radius 1 is 1.61 bits per heavy atom. The smallest absolute Gasteiger partial charge is 0.251 e. The van der Waals surface area contributed by atoms with Crippen LogP contribution >= 0.6 is 11.8 Å². The number of nitrogens with zero attached hydrogens (tertiary/aromatic N) is 1. The van der Waals surface area contributed by atoms with Crippen molar-refractivity contribution < 1.29 is 4.79 Å². The predicted octanol–water partition coefficient (Wildman–Crippen LogP) is 1.71. The lowest BCUT2D eigenvalue weighted by molar-refractivity contribution is 0.0948. The van der Waals surface area contributed by atoms with E-state index in [0.29, 0.717) is 17.3 Å². The number of nitrogens with one attached hydrogen (secondary N) is 1. The first-order valence-electron chi connectivity index (χ1n) is 6.31. The Balaban J connectivity index is 1.97. The fourth-order valence-electron chi connectivity index (χ4n) is 2.01. The lowest BCUT2D eigenvalue weighted by Crippen LogP contribution is -2.29. The van der Waals surface area contributed by atoms with Crippen molar-refractivity contribution in [2.45, 2.75) is 19.8 Å². The minimum Gasteiger partial charge on any atom is -0.384 e. The molecule has 0 saturated carbocycles. The summed E-state index contributed by atoms with van der Waals surface area (Å²) in [6.07, 6.45) is 1.98. The SMILES string of the molecule is CCc1cc(C(=O)NCC2CCSC2)cc(N)n1. The monoisotopic (exact) mass is 265 g/mol. The zero-order valence-electron chi connectivity index (χ0n) is 10.6. The van der Waals surface area contributed by atoms with E-state index in [9.17, 15) is 4.79 Å². The van der Waals surface area contributed by atoms with Crippen LogP contribution in [0.1, 0.15) is 29.4 Å². The molecule has 1 aliphatic rings. The fraction of sp³-hybridized carbons (Fsp3) is 0.538. The van der Waals surface area contributed by atoms with Gasteiger partial charge < -0.3 is 11.1 Å². The molecule has 2 rings (SSSR count). The summed E-state index contributed by atoms with van der Waals surface area (Å²) in [6, 6.07) is 3.45. The van der Waals surface area contributed by atoms with Crippen LogP contribution in [0.3, 0.4) is 0 Å². The highest BCUT2D eigenvalue weighted by molar-refractivity contribution is 7.99. The number of anilines is 1. The Labute approximate surface area is 112 Å². The van der Waals surface area contributed by atoms with Crippen molar-refractivity contribution in [1.29, 1.82) is 0 Å². The van der Waals surface area contributed by atoms with Crippen molar-refractivity contribution in [1.82, 2.24) is 10.3 Å². The number of aromatic nitrogens is 1. The second kappa shape index (κ2) is 6.09. The maximum atomic E-state index is 12.0. The molecule has 98 valence electrons. The van der Waals surface area contributed by atoms with E-state index in [1.165, 1.54) is 12.2 Å². The zero-order valence-corrected chi connectivity index (χ0v) is 11.4. The van der Waals surface area contributed by atoms with Crippen LogP contribution in [0.25, 0.3) is 0 Å². The first kappa shape index (κ1) is 13.2. The van der Waals surface area contributed by atoms with E-state index in [2.05, 4.69) is 10.3 Å². The van der Waals surface area contributed by atoms with Gasteiger partial charge in [-0.05, 0) is 42.4 Å². The number of amides is 1. The average molecular weight is 265 g/mol. The van der Waals surface area contributed by atoms with Crippen molar-refractivity contribution >= 4 is 23.5 Å². The number of rotatable bonds is 4. The van der Waals surface area contributed by atoms with Crippen LogP contribution in [0.5, 0.6) is 0 Å². The van der Waals surface area contributed by atoms with E-state index >= 15 is 0 Å². The Bertz CT molecular complexity index is 430. The second-order valence-electron chi connectivity index (χ2n) is 4.57. The largest absolute Gasteiger partial charge is 0.384 e. The number of nitrogens with two attached hydrogens (primary N) is 1. The highest BCUT2D eigenvalue weighted by atomic mass is 32.2. The Hall–Kier alpha value is -1.23. The van der Waals surface area contributed by atoms with Crippen molar-refractivity contribution in [2.24, 2.45) is 5.92 Å². The summed E-state index contributed by atoms with van der Waals surface area (Å²) in [4.78, 5) is 16.2. The predicted molar refractivity (Wildman–Crippen MR) is 75.8 cm³/mol. The lowest BCUT2D eigenvalue weighted by atomic mass is 10.1. The number of carbonyl (C=O) groups is 1. The molecule has 0 aliphatic carbocycles. The normalized spacial score (nSPS) is 18.8. The molecule has 5 heteroatoms. The summed E-state index contributed by atoms with van der Waals surface area (Å²) in [5.41, 5.74) is 7.17. The number of hydrogen-bond acceptors (Lipinski definition) is 4. The summed E-state index contributed by atoms with van der Waals surface area (Å²) in [5, 5.41) is 2.98. The summed E-state index contributed by atoms with van der Waals surface area (Å²) < 4.78 is 0. The van der Waals surface area contributed by atoms with Gasteiger partial charge in [0.25, 0.3) is 5.91 Å². The average Bonchev–Trinajstić information content (AvgIpc) is 2.88. The Morgan fingerprint density at radius 3 is 3.11 bits per heavy atom. The van der Waals surface area contributed by atoms with Gasteiger partial charge in [0.2, 0.25) is 0 Å². The highest BCUT2D eigenvalue weighted by Crippen LogP contribution is 2.22. The van der Waals surface area contributed by atoms with Gasteiger partial charge in [0, 0.05) is 17.8 Å². The maximum absolute atomic E-state index is 12.0. The Morgan fingerprint density at radius 2 is 2.44 bits per heavy atom. The van der Waals surface area contributed by atoms with Gasteiger partial charge in [-0.15, -0.1) is 0 Å². The molecule has 2 heterocycles. The molecule has 1 aromatic heterocycles. The fourth-order valence-corrected chi connectivity index (χ4v) is 3.29. The van der Waals surface area contributed by atoms with Crippen LogP contribution in [-0.2, 0) is 6.42 Å². The lowest BCUT2D eigenvalue weighted by Gasteiger charge is -2.10. The topological polar surface area (TPSA) is 68.0 Å². The molecule has 0 spiro atoms. The van der Waals surface area contributed by atoms with Gasteiger partial charge in [-0.3, -0.25) is 4.79 Å². The molecule has 0 aromatic carbocycles. The van der Waals surface area contributed by atoms with E-state index in [0.717, 1.165) is 24.4 Å². The molecule has 1 saturated heterocycles. The molecule has 1 atom stereocenters. The van der Waals surface area contributed by atoms with Gasteiger partial charge in [0.1, 0.15) is 5.82 Å². The summed E-state index contributed by atoms with van der Waals surface area (Å²) in [6.45, 7) is 2.76. The molecular weight excluding hydrogens is 246 g/mol. The summed E-state index contributed by atoms with van der Waals surface area (Å²) in [7, 11) is 0. The second-order valence-corrected chi connectivity index (χ2v) is 5.72. The van der Waals surface area contributed by atoms with E-state index in [4.69, 9.17) is 5.73 Å². The van der Waals surface area contributed by atoms with Gasteiger partial charge in [0.15, 0.2) is 0 Å². The molecule has 4 nitrogen and oxygen atoms in total. The third-order valence-electron chi connectivity index (χ3n) is 3.10. The van der Waals surface area contributed by atoms with Gasteiger partial charge in [-0.25, -0.2) is 4.98 Å². The highest BCUT2D eigenvalue weighted by Gasteiger charge is 2.17. The molecule has 1 aliphatic heterocycles. The molecule has 1 amide bonds. The van der Waals surface area contributed by atoms with Crippen LogP contribution in [-0.4, -0.2) is 28.9 Å². The molecule has 18 heavy (non-hydrogen) atoms. The van der Waals surface area contributed by atoms with E-state index in [1.54, 1.807) is 6.07 Å². The third-order valence-corrected chi connectivity index (χ3v) is 4.33. The minimum atomic E-state index is -0.0456. The number of hydrogen-bond donors (Lipinski definition) is 2. The summed E-state index contributed by atoms with van der Waals surface area (Å²) >= 11 is 1.96. The van der Waals surface area contributed by atoms with Gasteiger partial charge in [-0.2, -0.15) is 11.8 Å². The van der Waals surface area contributed by atoms with Gasteiger partial charge in [0.05, 0.1) is 0 Å². The van der Waals surface area contributed by atoms with Crippen molar-refractivity contribution in [2.75, 3.05) is 23.8 Å². The first-order chi connectivity index (χ1) is 8.69. The molecule has 0 radical (unpaired) electrons. The van der Waals surface area contributed by atoms with Crippen LogP contribution in [0, 0.1) is 5.92 Å². The van der Waals surface area contributed by atoms with Crippen molar-refractivity contribution in [3.8, 4) is 0 Å². The molecule has 1 fully saturated rings. The molecule has 0 bridgehead atoms. The van der Waals surface area contributed by atoms with Gasteiger partial charge >= 0.3 is 0 Å². The molecule has 1 aromatic rings. The number of carbonyl (C=O) groups excluding carboxylic acids is 1.